The van der Waals surface area contributed by atoms with Crippen LogP contribution in [0.25, 0.3) is 0 Å². The van der Waals surface area contributed by atoms with Crippen LogP contribution in [0.1, 0.15) is 54.4 Å². The van der Waals surface area contributed by atoms with Crippen molar-refractivity contribution in [2.45, 2.75) is 45.4 Å². The fourth-order valence-corrected chi connectivity index (χ4v) is 2.98. The van der Waals surface area contributed by atoms with Crippen molar-refractivity contribution in [1.29, 1.82) is 0 Å². The molecule has 1 saturated carbocycles. The summed E-state index contributed by atoms with van der Waals surface area (Å²) in [5.74, 6) is 0.860. The van der Waals surface area contributed by atoms with Gasteiger partial charge in [-0.2, -0.15) is 0 Å². The van der Waals surface area contributed by atoms with E-state index in [9.17, 15) is 4.79 Å². The molecule has 2 N–H and O–H groups in total. The summed E-state index contributed by atoms with van der Waals surface area (Å²) < 4.78 is 0. The Hall–Kier alpha value is -1.51. The van der Waals surface area contributed by atoms with E-state index in [1.807, 2.05) is 18.2 Å². The average molecular weight is 274 g/mol. The molecule has 1 fully saturated rings. The van der Waals surface area contributed by atoms with Gasteiger partial charge in [-0.3, -0.25) is 4.79 Å². The van der Waals surface area contributed by atoms with E-state index in [-0.39, 0.29) is 5.91 Å². The Kier molecular flexibility index (Phi) is 5.45. The normalized spacial score (nSPS) is 15.9. The van der Waals surface area contributed by atoms with Gasteiger partial charge >= 0.3 is 0 Å². The lowest BCUT2D eigenvalue weighted by molar-refractivity contribution is 0.0963. The zero-order valence-electron chi connectivity index (χ0n) is 12.7. The third kappa shape index (κ3) is 3.99. The number of rotatable bonds is 5. The van der Waals surface area contributed by atoms with Crippen LogP contribution >= 0.6 is 0 Å². The Balaban J connectivity index is 1.89. The number of hydrogen-bond donors (Lipinski definition) is 2. The summed E-state index contributed by atoms with van der Waals surface area (Å²) in [5, 5.41) is 6.17. The molecule has 0 radical (unpaired) electrons. The summed E-state index contributed by atoms with van der Waals surface area (Å²) in [6, 6.07) is 5.84. The Labute approximate surface area is 122 Å². The number of carbonyl (C=O) groups excluding carboxylic acids is 1. The minimum atomic E-state index is -0.0275. The Bertz CT molecular complexity index is 450. The standard InChI is InChI=1S/C17H26N2O/c1-13-8-9-15(17(20)18-2)12-16(13)19-11-10-14-6-4-3-5-7-14/h8-9,12,14,19H,3-7,10-11H2,1-2H3,(H,18,20). The number of amides is 1. The highest BCUT2D eigenvalue weighted by atomic mass is 16.1. The Morgan fingerprint density at radius 2 is 2.00 bits per heavy atom. The van der Waals surface area contributed by atoms with Crippen molar-refractivity contribution in [2.24, 2.45) is 5.92 Å². The largest absolute Gasteiger partial charge is 0.385 e. The number of anilines is 1. The molecule has 0 heterocycles. The summed E-state index contributed by atoms with van der Waals surface area (Å²) in [7, 11) is 1.67. The molecule has 3 heteroatoms. The molecule has 0 unspecified atom stereocenters. The van der Waals surface area contributed by atoms with E-state index in [4.69, 9.17) is 0 Å². The van der Waals surface area contributed by atoms with Gasteiger partial charge in [0.15, 0.2) is 0 Å². The number of aryl methyl sites for hydroxylation is 1. The fourth-order valence-electron chi connectivity index (χ4n) is 2.98. The molecule has 0 aliphatic heterocycles. The molecule has 1 amide bonds. The molecular formula is C17H26N2O. The predicted octanol–water partition coefficient (Wildman–Crippen LogP) is 3.74. The van der Waals surface area contributed by atoms with E-state index >= 15 is 0 Å². The second-order valence-electron chi connectivity index (χ2n) is 5.83. The number of nitrogens with one attached hydrogen (secondary N) is 2. The lowest BCUT2D eigenvalue weighted by atomic mass is 9.87. The molecule has 0 saturated heterocycles. The van der Waals surface area contributed by atoms with Gasteiger partial charge < -0.3 is 10.6 Å². The minimum Gasteiger partial charge on any atom is -0.385 e. The smallest absolute Gasteiger partial charge is 0.251 e. The first-order valence-corrected chi connectivity index (χ1v) is 7.77. The molecule has 1 aromatic carbocycles. The van der Waals surface area contributed by atoms with Crippen molar-refractivity contribution in [2.75, 3.05) is 18.9 Å². The molecule has 20 heavy (non-hydrogen) atoms. The molecule has 1 aromatic rings. The first kappa shape index (κ1) is 14.9. The molecule has 110 valence electrons. The van der Waals surface area contributed by atoms with Crippen molar-refractivity contribution in [3.8, 4) is 0 Å². The van der Waals surface area contributed by atoms with Crippen molar-refractivity contribution < 1.29 is 4.79 Å². The van der Waals surface area contributed by atoms with Gasteiger partial charge in [-0.15, -0.1) is 0 Å². The molecule has 1 aliphatic carbocycles. The molecular weight excluding hydrogens is 248 g/mol. The first-order valence-electron chi connectivity index (χ1n) is 7.77. The second kappa shape index (κ2) is 7.32. The van der Waals surface area contributed by atoms with Crippen molar-refractivity contribution in [3.05, 3.63) is 29.3 Å². The van der Waals surface area contributed by atoms with Crippen LogP contribution in [-0.4, -0.2) is 19.5 Å². The van der Waals surface area contributed by atoms with Gasteiger partial charge in [0.2, 0.25) is 0 Å². The van der Waals surface area contributed by atoms with Gasteiger partial charge in [-0.25, -0.2) is 0 Å². The Morgan fingerprint density at radius 1 is 1.25 bits per heavy atom. The van der Waals surface area contributed by atoms with Crippen LogP contribution in [-0.2, 0) is 0 Å². The molecule has 0 aromatic heterocycles. The number of carbonyl (C=O) groups is 1. The van der Waals surface area contributed by atoms with Gasteiger partial charge in [0.25, 0.3) is 5.91 Å². The quantitative estimate of drug-likeness (QED) is 0.859. The highest BCUT2D eigenvalue weighted by Crippen LogP contribution is 2.26. The first-order chi connectivity index (χ1) is 9.70. The summed E-state index contributed by atoms with van der Waals surface area (Å²) in [4.78, 5) is 11.7. The third-order valence-electron chi connectivity index (χ3n) is 4.32. The Morgan fingerprint density at radius 3 is 2.70 bits per heavy atom. The highest BCUT2D eigenvalue weighted by Gasteiger charge is 2.13. The summed E-state index contributed by atoms with van der Waals surface area (Å²) in [6.45, 7) is 3.08. The molecule has 0 bridgehead atoms. The minimum absolute atomic E-state index is 0.0275. The van der Waals surface area contributed by atoms with Gasteiger partial charge in [0.05, 0.1) is 0 Å². The predicted molar refractivity (Wildman–Crippen MR) is 84.3 cm³/mol. The van der Waals surface area contributed by atoms with Gasteiger partial charge in [0, 0.05) is 24.8 Å². The van der Waals surface area contributed by atoms with Crippen LogP contribution in [0.3, 0.4) is 0 Å². The van der Waals surface area contributed by atoms with Gasteiger partial charge in [-0.1, -0.05) is 38.2 Å². The van der Waals surface area contributed by atoms with E-state index in [2.05, 4.69) is 17.6 Å². The van der Waals surface area contributed by atoms with Crippen LogP contribution < -0.4 is 10.6 Å². The SMILES string of the molecule is CNC(=O)c1ccc(C)c(NCCC2CCCCC2)c1. The molecule has 1 aliphatic rings. The van der Waals surface area contributed by atoms with Crippen molar-refractivity contribution in [1.82, 2.24) is 5.32 Å². The topological polar surface area (TPSA) is 41.1 Å². The van der Waals surface area contributed by atoms with Gasteiger partial charge in [-0.05, 0) is 37.0 Å². The van der Waals surface area contributed by atoms with Crippen molar-refractivity contribution in [3.63, 3.8) is 0 Å². The molecule has 0 atom stereocenters. The maximum Gasteiger partial charge on any atom is 0.251 e. The average Bonchev–Trinajstić information content (AvgIpc) is 2.49. The monoisotopic (exact) mass is 274 g/mol. The van der Waals surface area contributed by atoms with Crippen molar-refractivity contribution >= 4 is 11.6 Å². The van der Waals surface area contributed by atoms with E-state index in [1.54, 1.807) is 7.05 Å². The lowest BCUT2D eigenvalue weighted by Gasteiger charge is -2.22. The van der Waals surface area contributed by atoms with Crippen LogP contribution in [0.4, 0.5) is 5.69 Å². The maximum atomic E-state index is 11.7. The van der Waals surface area contributed by atoms with E-state index in [0.29, 0.717) is 0 Å². The molecule has 2 rings (SSSR count). The highest BCUT2D eigenvalue weighted by molar-refractivity contribution is 5.95. The van der Waals surface area contributed by atoms with Crippen LogP contribution in [0.15, 0.2) is 18.2 Å². The summed E-state index contributed by atoms with van der Waals surface area (Å²) in [5.41, 5.74) is 3.00. The number of hydrogen-bond acceptors (Lipinski definition) is 2. The lowest BCUT2D eigenvalue weighted by Crippen LogP contribution is -2.18. The van der Waals surface area contributed by atoms with Crippen LogP contribution in [0, 0.1) is 12.8 Å². The molecule has 3 nitrogen and oxygen atoms in total. The summed E-state index contributed by atoms with van der Waals surface area (Å²) >= 11 is 0. The van der Waals surface area contributed by atoms with Gasteiger partial charge in [0.1, 0.15) is 0 Å². The second-order valence-corrected chi connectivity index (χ2v) is 5.83. The zero-order chi connectivity index (χ0) is 14.4. The maximum absolute atomic E-state index is 11.7. The van der Waals surface area contributed by atoms with E-state index < -0.39 is 0 Å². The molecule has 0 spiro atoms. The van der Waals surface area contributed by atoms with Crippen LogP contribution in [0.2, 0.25) is 0 Å². The van der Waals surface area contributed by atoms with E-state index in [1.165, 1.54) is 44.1 Å². The van der Waals surface area contributed by atoms with Crippen LogP contribution in [0.5, 0.6) is 0 Å². The summed E-state index contributed by atoms with van der Waals surface area (Å²) in [6.07, 6.45) is 8.23. The third-order valence-corrected chi connectivity index (χ3v) is 4.32. The number of benzene rings is 1. The van der Waals surface area contributed by atoms with E-state index in [0.717, 1.165) is 23.7 Å². The fraction of sp³-hybridized carbons (Fsp3) is 0.588. The zero-order valence-corrected chi connectivity index (χ0v) is 12.7.